The lowest BCUT2D eigenvalue weighted by molar-refractivity contribution is 1.06. The zero-order chi connectivity index (χ0) is 44.1. The second-order valence-corrected chi connectivity index (χ2v) is 16.2. The minimum atomic E-state index is 0.428. The first-order valence-corrected chi connectivity index (χ1v) is 21.7. The molecular weight excluding hydrogens is 807 g/mol. The SMILES string of the molecule is [C-]#[N+]c1cc([N+]#[C-])cc(-c2ccc3c4ccccc4n(-c4ccc(-c5ccc6c7ccccc7n(-c7ccccc7)c6c5)cc4-c4nc(-c5ccccc5)nc(-c5ccccc5)n4)c3c2)c1. The van der Waals surface area contributed by atoms with Crippen molar-refractivity contribution in [3.63, 3.8) is 0 Å². The highest BCUT2D eigenvalue weighted by Crippen LogP contribution is 2.42. The summed E-state index contributed by atoms with van der Waals surface area (Å²) in [5.74, 6) is 1.68. The Morgan fingerprint density at radius 2 is 0.758 bits per heavy atom. The largest absolute Gasteiger partial charge is 0.309 e. The monoisotopic (exact) mass is 841 g/mol. The van der Waals surface area contributed by atoms with E-state index in [0.29, 0.717) is 28.8 Å². The lowest BCUT2D eigenvalue weighted by Gasteiger charge is -2.17. The minimum absolute atomic E-state index is 0.428. The second-order valence-electron chi connectivity index (χ2n) is 16.2. The predicted molar refractivity (Wildman–Crippen MR) is 268 cm³/mol. The fraction of sp³-hybridized carbons (Fsp3) is 0. The molecule has 0 spiro atoms. The van der Waals surface area contributed by atoms with E-state index in [0.717, 1.165) is 83.2 Å². The molecule has 0 aliphatic rings. The molecule has 0 fully saturated rings. The molecule has 0 radical (unpaired) electrons. The van der Waals surface area contributed by atoms with Gasteiger partial charge >= 0.3 is 0 Å². The summed E-state index contributed by atoms with van der Waals surface area (Å²) in [5.41, 5.74) is 13.5. The third-order valence-electron chi connectivity index (χ3n) is 12.4. The predicted octanol–water partition coefficient (Wildman–Crippen LogP) is 15.5. The molecule has 0 amide bonds. The summed E-state index contributed by atoms with van der Waals surface area (Å²) in [7, 11) is 0. The lowest BCUT2D eigenvalue weighted by atomic mass is 9.99. The van der Waals surface area contributed by atoms with Crippen LogP contribution in [0.4, 0.5) is 11.4 Å². The van der Waals surface area contributed by atoms with Gasteiger partial charge in [0.05, 0.1) is 40.9 Å². The third-order valence-corrected chi connectivity index (χ3v) is 12.4. The number of aromatic nitrogens is 5. The Labute approximate surface area is 380 Å². The van der Waals surface area contributed by atoms with Crippen molar-refractivity contribution in [1.82, 2.24) is 24.1 Å². The first-order valence-electron chi connectivity index (χ1n) is 21.7. The molecular formula is C59H35N7. The Bertz CT molecular complexity index is 3860. The molecule has 0 saturated heterocycles. The highest BCUT2D eigenvalue weighted by Gasteiger charge is 2.22. The molecule has 0 unspecified atom stereocenters. The van der Waals surface area contributed by atoms with E-state index in [-0.39, 0.29) is 0 Å². The van der Waals surface area contributed by atoms with Crippen LogP contribution in [0.2, 0.25) is 0 Å². The van der Waals surface area contributed by atoms with E-state index in [1.807, 2.05) is 72.8 Å². The van der Waals surface area contributed by atoms with E-state index < -0.39 is 0 Å². The van der Waals surface area contributed by atoms with Crippen molar-refractivity contribution in [2.24, 2.45) is 0 Å². The topological polar surface area (TPSA) is 57.2 Å². The standard InChI is InChI=1S/C59H35N7/c1-60-44-32-43(33-45(37-44)61-2)42-27-30-50-48-23-13-15-25-53(48)66(56(50)36-42)54-31-28-40(41-26-29-49-47-22-12-14-24-52(47)65(55(49)35-41)46-20-10-5-11-21-46)34-51(54)59-63-57(38-16-6-3-7-17-38)62-58(64-59)39-18-8-4-9-19-39/h3-37H. The number of rotatable bonds is 7. The zero-order valence-electron chi connectivity index (χ0n) is 35.3. The summed E-state index contributed by atoms with van der Waals surface area (Å²) in [6.45, 7) is 15.5. The van der Waals surface area contributed by atoms with Gasteiger partial charge in [0, 0.05) is 43.9 Å². The van der Waals surface area contributed by atoms with E-state index in [2.05, 4.69) is 152 Å². The molecule has 66 heavy (non-hydrogen) atoms. The van der Waals surface area contributed by atoms with Gasteiger partial charge in [-0.25, -0.2) is 24.6 Å². The van der Waals surface area contributed by atoms with Gasteiger partial charge < -0.3 is 9.13 Å². The number of hydrogen-bond donors (Lipinski definition) is 0. The van der Waals surface area contributed by atoms with E-state index in [1.165, 1.54) is 10.8 Å². The van der Waals surface area contributed by atoms with Crippen molar-refractivity contribution in [3.8, 4) is 67.8 Å². The van der Waals surface area contributed by atoms with Gasteiger partial charge in [-0.2, -0.15) is 0 Å². The summed E-state index contributed by atoms with van der Waals surface area (Å²) in [6.07, 6.45) is 0. The van der Waals surface area contributed by atoms with E-state index in [4.69, 9.17) is 28.1 Å². The van der Waals surface area contributed by atoms with Crippen LogP contribution in [0, 0.1) is 13.1 Å². The van der Waals surface area contributed by atoms with Crippen LogP contribution in [0.3, 0.4) is 0 Å². The van der Waals surface area contributed by atoms with Crippen LogP contribution in [-0.2, 0) is 0 Å². The Kier molecular flexibility index (Phi) is 9.12. The molecule has 306 valence electrons. The first-order chi connectivity index (χ1) is 32.6. The highest BCUT2D eigenvalue weighted by atomic mass is 15.1. The first kappa shape index (κ1) is 38.3. The number of nitrogens with zero attached hydrogens (tertiary/aromatic N) is 7. The van der Waals surface area contributed by atoms with Crippen LogP contribution in [-0.4, -0.2) is 24.1 Å². The van der Waals surface area contributed by atoms with Crippen LogP contribution in [0.5, 0.6) is 0 Å². The van der Waals surface area contributed by atoms with Crippen molar-refractivity contribution in [2.75, 3.05) is 0 Å². The normalized spacial score (nSPS) is 11.3. The van der Waals surface area contributed by atoms with E-state index in [1.54, 1.807) is 6.07 Å². The van der Waals surface area contributed by atoms with E-state index in [9.17, 15) is 0 Å². The number of benzene rings is 9. The summed E-state index contributed by atoms with van der Waals surface area (Å²) < 4.78 is 4.64. The number of fused-ring (bicyclic) bond motifs is 6. The third kappa shape index (κ3) is 6.47. The highest BCUT2D eigenvalue weighted by molar-refractivity contribution is 6.12. The van der Waals surface area contributed by atoms with Crippen molar-refractivity contribution in [1.29, 1.82) is 0 Å². The maximum absolute atomic E-state index is 7.77. The van der Waals surface area contributed by atoms with Gasteiger partial charge in [0.2, 0.25) is 0 Å². The lowest BCUT2D eigenvalue weighted by Crippen LogP contribution is -2.04. The molecule has 9 aromatic carbocycles. The average molecular weight is 842 g/mol. The van der Waals surface area contributed by atoms with Crippen molar-refractivity contribution in [3.05, 3.63) is 235 Å². The summed E-state index contributed by atoms with van der Waals surface area (Å²) in [6, 6.07) is 72.7. The average Bonchev–Trinajstić information content (AvgIpc) is 3.91. The maximum Gasteiger partial charge on any atom is 0.177 e. The molecule has 0 atom stereocenters. The molecule has 12 rings (SSSR count). The van der Waals surface area contributed by atoms with Gasteiger partial charge in [0.25, 0.3) is 0 Å². The van der Waals surface area contributed by atoms with Crippen LogP contribution < -0.4 is 0 Å². The van der Waals surface area contributed by atoms with Gasteiger partial charge in [-0.3, -0.25) is 0 Å². The quantitative estimate of drug-likeness (QED) is 0.150. The summed E-state index contributed by atoms with van der Waals surface area (Å²) >= 11 is 0. The molecule has 3 aromatic heterocycles. The number of para-hydroxylation sites is 3. The Morgan fingerprint density at radius 1 is 0.318 bits per heavy atom. The molecule has 12 aromatic rings. The molecule has 0 N–H and O–H groups in total. The molecule has 0 saturated carbocycles. The van der Waals surface area contributed by atoms with Gasteiger partial charge in [0.1, 0.15) is 0 Å². The fourth-order valence-corrected chi connectivity index (χ4v) is 9.32. The van der Waals surface area contributed by atoms with Gasteiger partial charge in [0.15, 0.2) is 28.8 Å². The fourth-order valence-electron chi connectivity index (χ4n) is 9.32. The summed E-state index contributed by atoms with van der Waals surface area (Å²) in [5, 5.41) is 4.54. The van der Waals surface area contributed by atoms with E-state index >= 15 is 0 Å². The molecule has 3 heterocycles. The molecule has 0 aliphatic heterocycles. The maximum atomic E-state index is 7.77. The van der Waals surface area contributed by atoms with Gasteiger partial charge in [-0.05, 0) is 70.8 Å². The Morgan fingerprint density at radius 3 is 1.33 bits per heavy atom. The van der Waals surface area contributed by atoms with Gasteiger partial charge in [-0.1, -0.05) is 164 Å². The van der Waals surface area contributed by atoms with Crippen LogP contribution >= 0.6 is 0 Å². The second kappa shape index (κ2) is 15.7. The van der Waals surface area contributed by atoms with Crippen molar-refractivity contribution >= 4 is 55.0 Å². The Hall–Kier alpha value is -9.43. The van der Waals surface area contributed by atoms with Crippen LogP contribution in [0.25, 0.3) is 121 Å². The molecule has 7 nitrogen and oxygen atoms in total. The Balaban J connectivity index is 1.15. The minimum Gasteiger partial charge on any atom is -0.309 e. The van der Waals surface area contributed by atoms with Crippen molar-refractivity contribution < 1.29 is 0 Å². The molecule has 0 bridgehead atoms. The van der Waals surface area contributed by atoms with Crippen molar-refractivity contribution in [2.45, 2.75) is 0 Å². The van der Waals surface area contributed by atoms with Gasteiger partial charge in [-0.15, -0.1) is 0 Å². The van der Waals surface area contributed by atoms with Crippen LogP contribution in [0.1, 0.15) is 0 Å². The zero-order valence-corrected chi connectivity index (χ0v) is 35.3. The molecule has 0 aliphatic carbocycles. The van der Waals surface area contributed by atoms with Crippen LogP contribution in [0.15, 0.2) is 212 Å². The summed E-state index contributed by atoms with van der Waals surface area (Å²) in [4.78, 5) is 23.1. The molecule has 7 heteroatoms. The number of hydrogen-bond acceptors (Lipinski definition) is 3. The smallest absolute Gasteiger partial charge is 0.177 e.